The van der Waals surface area contributed by atoms with Crippen molar-refractivity contribution in [3.8, 4) is 0 Å². The largest absolute Gasteiger partial charge is 0.381 e. The first kappa shape index (κ1) is 20.3. The van der Waals surface area contributed by atoms with Gasteiger partial charge in [-0.3, -0.25) is 9.67 Å². The molecule has 1 saturated heterocycles. The maximum Gasteiger partial charge on any atom is 0.191 e. The number of hydrogen-bond donors (Lipinski definition) is 2. The molecular formula is C21H30FN5O. The zero-order chi connectivity index (χ0) is 20.1. The standard InChI is InChI=1S/C21H30FN5O/c1-15-19(16(2)27(4)26-15)13-24-20(23-3)25-14-21(9-11-28-12-10-21)17-5-7-18(22)8-6-17/h5-8H,9-14H2,1-4H3,(H2,23,24,25). The third-order valence-corrected chi connectivity index (χ3v) is 5.82. The normalized spacial score (nSPS) is 16.8. The fourth-order valence-electron chi connectivity index (χ4n) is 3.85. The van der Waals surface area contributed by atoms with E-state index >= 15 is 0 Å². The summed E-state index contributed by atoms with van der Waals surface area (Å²) in [6.45, 7) is 6.88. The first-order valence-electron chi connectivity index (χ1n) is 9.72. The van der Waals surface area contributed by atoms with Gasteiger partial charge >= 0.3 is 0 Å². The molecule has 1 aromatic carbocycles. The number of ether oxygens (including phenoxy) is 1. The van der Waals surface area contributed by atoms with E-state index in [1.165, 1.54) is 17.7 Å². The summed E-state index contributed by atoms with van der Waals surface area (Å²) in [5.41, 5.74) is 4.40. The number of guanidine groups is 1. The van der Waals surface area contributed by atoms with Crippen LogP contribution in [-0.2, 0) is 23.7 Å². The Morgan fingerprint density at radius 1 is 1.21 bits per heavy atom. The highest BCUT2D eigenvalue weighted by Gasteiger charge is 2.34. The number of halogens is 1. The van der Waals surface area contributed by atoms with Gasteiger partial charge in [0.25, 0.3) is 0 Å². The highest BCUT2D eigenvalue weighted by molar-refractivity contribution is 5.79. The Bertz CT molecular complexity index is 822. The molecule has 0 unspecified atom stereocenters. The van der Waals surface area contributed by atoms with Crippen LogP contribution in [0.5, 0.6) is 0 Å². The Balaban J connectivity index is 1.68. The van der Waals surface area contributed by atoms with Gasteiger partial charge in [-0.1, -0.05) is 12.1 Å². The minimum absolute atomic E-state index is 0.0935. The van der Waals surface area contributed by atoms with Gasteiger partial charge in [0, 0.05) is 57.1 Å². The van der Waals surface area contributed by atoms with E-state index < -0.39 is 0 Å². The van der Waals surface area contributed by atoms with Crippen molar-refractivity contribution in [2.45, 2.75) is 38.6 Å². The average Bonchev–Trinajstić information content (AvgIpc) is 2.95. The molecule has 2 heterocycles. The van der Waals surface area contributed by atoms with E-state index in [1.54, 1.807) is 7.05 Å². The number of benzene rings is 1. The van der Waals surface area contributed by atoms with Crippen LogP contribution in [-0.4, -0.2) is 42.5 Å². The van der Waals surface area contributed by atoms with E-state index in [9.17, 15) is 4.39 Å². The van der Waals surface area contributed by atoms with Crippen LogP contribution in [0.1, 0.15) is 35.4 Å². The SMILES string of the molecule is CN=C(NCc1c(C)nn(C)c1C)NCC1(c2ccc(F)cc2)CCOCC1. The van der Waals surface area contributed by atoms with Crippen molar-refractivity contribution >= 4 is 5.96 Å². The van der Waals surface area contributed by atoms with Crippen molar-refractivity contribution in [1.82, 2.24) is 20.4 Å². The first-order chi connectivity index (χ1) is 13.4. The molecule has 0 aliphatic carbocycles. The van der Waals surface area contributed by atoms with Gasteiger partial charge in [-0.05, 0) is 44.4 Å². The summed E-state index contributed by atoms with van der Waals surface area (Å²) < 4.78 is 20.9. The molecule has 1 aliphatic rings. The molecule has 0 saturated carbocycles. The van der Waals surface area contributed by atoms with Gasteiger partial charge in [0.1, 0.15) is 5.82 Å². The third-order valence-electron chi connectivity index (χ3n) is 5.82. The minimum atomic E-state index is -0.210. The molecule has 0 radical (unpaired) electrons. The van der Waals surface area contributed by atoms with Crippen molar-refractivity contribution in [2.75, 3.05) is 26.8 Å². The summed E-state index contributed by atoms with van der Waals surface area (Å²) in [5, 5.41) is 11.3. The van der Waals surface area contributed by atoms with E-state index in [0.717, 1.165) is 35.8 Å². The quantitative estimate of drug-likeness (QED) is 0.611. The predicted molar refractivity (Wildman–Crippen MR) is 109 cm³/mol. The Morgan fingerprint density at radius 3 is 2.46 bits per heavy atom. The van der Waals surface area contributed by atoms with Crippen molar-refractivity contribution in [3.05, 3.63) is 52.6 Å². The molecule has 6 nitrogen and oxygen atoms in total. The molecule has 1 fully saturated rings. The summed E-state index contributed by atoms with van der Waals surface area (Å²) >= 11 is 0. The maximum atomic E-state index is 13.4. The molecule has 1 aliphatic heterocycles. The lowest BCUT2D eigenvalue weighted by atomic mass is 9.74. The topological polar surface area (TPSA) is 63.5 Å². The fourth-order valence-corrected chi connectivity index (χ4v) is 3.85. The van der Waals surface area contributed by atoms with Gasteiger partial charge in [-0.15, -0.1) is 0 Å². The van der Waals surface area contributed by atoms with Crippen LogP contribution in [0.2, 0.25) is 0 Å². The minimum Gasteiger partial charge on any atom is -0.381 e. The van der Waals surface area contributed by atoms with Crippen molar-refractivity contribution in [3.63, 3.8) is 0 Å². The van der Waals surface area contributed by atoms with Gasteiger partial charge < -0.3 is 15.4 Å². The van der Waals surface area contributed by atoms with E-state index in [1.807, 2.05) is 30.8 Å². The lowest BCUT2D eigenvalue weighted by molar-refractivity contribution is 0.0513. The van der Waals surface area contributed by atoms with Crippen LogP contribution in [0.15, 0.2) is 29.3 Å². The molecule has 0 amide bonds. The highest BCUT2D eigenvalue weighted by Crippen LogP contribution is 2.34. The summed E-state index contributed by atoms with van der Waals surface area (Å²) in [7, 11) is 3.73. The molecule has 0 spiro atoms. The lowest BCUT2D eigenvalue weighted by Gasteiger charge is -2.38. The van der Waals surface area contributed by atoms with E-state index in [-0.39, 0.29) is 11.2 Å². The van der Waals surface area contributed by atoms with E-state index in [4.69, 9.17) is 4.74 Å². The molecule has 152 valence electrons. The second-order valence-electron chi connectivity index (χ2n) is 7.45. The lowest BCUT2D eigenvalue weighted by Crippen LogP contribution is -2.48. The predicted octanol–water partition coefficient (Wildman–Crippen LogP) is 2.59. The number of aryl methyl sites for hydroxylation is 2. The number of nitrogens with one attached hydrogen (secondary N) is 2. The monoisotopic (exact) mass is 387 g/mol. The second-order valence-corrected chi connectivity index (χ2v) is 7.45. The molecule has 7 heteroatoms. The van der Waals surface area contributed by atoms with Gasteiger partial charge in [0.15, 0.2) is 5.96 Å². The van der Waals surface area contributed by atoms with Crippen LogP contribution in [0.3, 0.4) is 0 Å². The van der Waals surface area contributed by atoms with Gasteiger partial charge in [0.05, 0.1) is 5.69 Å². The third kappa shape index (κ3) is 4.35. The molecule has 2 aromatic rings. The molecular weight excluding hydrogens is 357 g/mol. The number of aliphatic imine (C=N–C) groups is 1. The summed E-state index contributed by atoms with van der Waals surface area (Å²) in [6, 6.07) is 6.85. The van der Waals surface area contributed by atoms with Gasteiger partial charge in [-0.2, -0.15) is 5.10 Å². The number of hydrogen-bond acceptors (Lipinski definition) is 3. The Labute approximate surface area is 166 Å². The smallest absolute Gasteiger partial charge is 0.191 e. The second kappa shape index (κ2) is 8.73. The number of rotatable bonds is 5. The van der Waals surface area contributed by atoms with Crippen LogP contribution < -0.4 is 10.6 Å². The number of nitrogens with zero attached hydrogens (tertiary/aromatic N) is 3. The first-order valence-corrected chi connectivity index (χ1v) is 9.72. The molecule has 28 heavy (non-hydrogen) atoms. The average molecular weight is 388 g/mol. The van der Waals surface area contributed by atoms with Crippen LogP contribution in [0, 0.1) is 19.7 Å². The summed E-state index contributed by atoms with van der Waals surface area (Å²) in [4.78, 5) is 4.37. The summed E-state index contributed by atoms with van der Waals surface area (Å²) in [6.07, 6.45) is 1.78. The Morgan fingerprint density at radius 2 is 1.89 bits per heavy atom. The van der Waals surface area contributed by atoms with Crippen LogP contribution in [0.4, 0.5) is 4.39 Å². The van der Waals surface area contributed by atoms with Crippen molar-refractivity contribution in [2.24, 2.45) is 12.0 Å². The number of aromatic nitrogens is 2. The summed E-state index contributed by atoms with van der Waals surface area (Å²) in [5.74, 6) is 0.536. The molecule has 0 atom stereocenters. The molecule has 1 aromatic heterocycles. The van der Waals surface area contributed by atoms with Crippen LogP contribution in [0.25, 0.3) is 0 Å². The molecule has 3 rings (SSSR count). The maximum absolute atomic E-state index is 13.4. The molecule has 2 N–H and O–H groups in total. The van der Waals surface area contributed by atoms with E-state index in [0.29, 0.717) is 26.3 Å². The van der Waals surface area contributed by atoms with Gasteiger partial charge in [-0.25, -0.2) is 4.39 Å². The Hall–Kier alpha value is -2.41. The van der Waals surface area contributed by atoms with Gasteiger partial charge in [0.2, 0.25) is 0 Å². The Kier molecular flexibility index (Phi) is 6.34. The zero-order valence-electron chi connectivity index (χ0n) is 17.2. The van der Waals surface area contributed by atoms with Crippen molar-refractivity contribution < 1.29 is 9.13 Å². The highest BCUT2D eigenvalue weighted by atomic mass is 19.1. The van der Waals surface area contributed by atoms with E-state index in [2.05, 4.69) is 27.6 Å². The zero-order valence-corrected chi connectivity index (χ0v) is 17.2. The molecule has 0 bridgehead atoms. The van der Waals surface area contributed by atoms with Crippen molar-refractivity contribution in [1.29, 1.82) is 0 Å². The fraction of sp³-hybridized carbons (Fsp3) is 0.524. The van der Waals surface area contributed by atoms with Crippen LogP contribution >= 0.6 is 0 Å².